The Morgan fingerprint density at radius 1 is 1.20 bits per heavy atom. The quantitative estimate of drug-likeness (QED) is 0.757. The lowest BCUT2D eigenvalue weighted by Gasteiger charge is -2.18. The van der Waals surface area contributed by atoms with Gasteiger partial charge in [-0.05, 0) is 47.5 Å². The Bertz CT molecular complexity index is 541. The van der Waals surface area contributed by atoms with E-state index >= 15 is 0 Å². The summed E-state index contributed by atoms with van der Waals surface area (Å²) in [7, 11) is 0. The van der Waals surface area contributed by atoms with E-state index in [0.29, 0.717) is 11.0 Å². The maximum atomic E-state index is 13.9. The zero-order valence-corrected chi connectivity index (χ0v) is 13.2. The minimum Gasteiger partial charge on any atom is -0.313 e. The standard InChI is InChI=1S/C17H22FNS/c1-17(2,3)8-9-19-12-13-6-7-15(18)14(11-13)16-5-4-10-20-16/h4-7,10-11,19H,8-9,12H2,1-3H3. The maximum Gasteiger partial charge on any atom is 0.131 e. The Hall–Kier alpha value is -1.19. The van der Waals surface area contributed by atoms with Gasteiger partial charge in [0, 0.05) is 17.0 Å². The third-order valence-electron chi connectivity index (χ3n) is 3.20. The number of benzene rings is 1. The Kier molecular flexibility index (Phi) is 4.95. The van der Waals surface area contributed by atoms with Crippen LogP contribution in [0.5, 0.6) is 0 Å². The average molecular weight is 291 g/mol. The van der Waals surface area contributed by atoms with Crippen molar-refractivity contribution < 1.29 is 4.39 Å². The van der Waals surface area contributed by atoms with E-state index in [9.17, 15) is 4.39 Å². The first-order valence-corrected chi connectivity index (χ1v) is 7.87. The van der Waals surface area contributed by atoms with Crippen molar-refractivity contribution in [3.8, 4) is 10.4 Å². The lowest BCUT2D eigenvalue weighted by atomic mass is 9.92. The molecule has 0 saturated heterocycles. The predicted octanol–water partition coefficient (Wildman–Crippen LogP) is 5.08. The van der Waals surface area contributed by atoms with E-state index in [1.54, 1.807) is 17.4 Å². The van der Waals surface area contributed by atoms with E-state index < -0.39 is 0 Å². The molecule has 1 nitrogen and oxygen atoms in total. The van der Waals surface area contributed by atoms with Crippen LogP contribution in [0.2, 0.25) is 0 Å². The lowest BCUT2D eigenvalue weighted by molar-refractivity contribution is 0.366. The number of thiophene rings is 1. The molecule has 0 radical (unpaired) electrons. The monoisotopic (exact) mass is 291 g/mol. The van der Waals surface area contributed by atoms with Crippen molar-refractivity contribution in [2.24, 2.45) is 5.41 Å². The summed E-state index contributed by atoms with van der Waals surface area (Å²) in [5, 5.41) is 5.41. The van der Waals surface area contributed by atoms with Crippen molar-refractivity contribution in [2.45, 2.75) is 33.7 Å². The first kappa shape index (κ1) is 15.2. The van der Waals surface area contributed by atoms with Crippen LogP contribution in [0.3, 0.4) is 0 Å². The van der Waals surface area contributed by atoms with Crippen LogP contribution in [0.1, 0.15) is 32.8 Å². The topological polar surface area (TPSA) is 12.0 Å². The van der Waals surface area contributed by atoms with Gasteiger partial charge in [0.05, 0.1) is 0 Å². The summed E-state index contributed by atoms with van der Waals surface area (Å²) < 4.78 is 13.9. The van der Waals surface area contributed by atoms with Gasteiger partial charge in [-0.25, -0.2) is 4.39 Å². The van der Waals surface area contributed by atoms with Crippen LogP contribution in [-0.4, -0.2) is 6.54 Å². The smallest absolute Gasteiger partial charge is 0.131 e. The summed E-state index contributed by atoms with van der Waals surface area (Å²) in [6.07, 6.45) is 1.13. The fraction of sp³-hybridized carbons (Fsp3) is 0.412. The summed E-state index contributed by atoms with van der Waals surface area (Å²) in [6.45, 7) is 8.48. The molecule has 0 fully saturated rings. The van der Waals surface area contributed by atoms with Crippen molar-refractivity contribution >= 4 is 11.3 Å². The van der Waals surface area contributed by atoms with E-state index in [4.69, 9.17) is 0 Å². The normalized spacial score (nSPS) is 11.8. The van der Waals surface area contributed by atoms with E-state index in [2.05, 4.69) is 26.1 Å². The van der Waals surface area contributed by atoms with Gasteiger partial charge < -0.3 is 5.32 Å². The first-order valence-electron chi connectivity index (χ1n) is 6.99. The van der Waals surface area contributed by atoms with Gasteiger partial charge in [0.25, 0.3) is 0 Å². The molecule has 0 atom stereocenters. The van der Waals surface area contributed by atoms with E-state index in [1.165, 1.54) is 0 Å². The molecule has 20 heavy (non-hydrogen) atoms. The summed E-state index contributed by atoms with van der Waals surface area (Å²) >= 11 is 1.57. The van der Waals surface area contributed by atoms with Crippen molar-refractivity contribution in [3.63, 3.8) is 0 Å². The van der Waals surface area contributed by atoms with Crippen molar-refractivity contribution in [1.29, 1.82) is 0 Å². The fourth-order valence-electron chi connectivity index (χ4n) is 2.00. The van der Waals surface area contributed by atoms with Crippen LogP contribution in [0.15, 0.2) is 35.7 Å². The van der Waals surface area contributed by atoms with Gasteiger partial charge in [0.15, 0.2) is 0 Å². The average Bonchev–Trinajstić information content (AvgIpc) is 2.89. The van der Waals surface area contributed by atoms with Gasteiger partial charge in [0.2, 0.25) is 0 Å². The van der Waals surface area contributed by atoms with Gasteiger partial charge in [-0.15, -0.1) is 11.3 Å². The number of halogens is 1. The van der Waals surface area contributed by atoms with Crippen LogP contribution >= 0.6 is 11.3 Å². The summed E-state index contributed by atoms with van der Waals surface area (Å²) in [6, 6.07) is 9.28. The highest BCUT2D eigenvalue weighted by Gasteiger charge is 2.10. The van der Waals surface area contributed by atoms with Gasteiger partial charge in [-0.2, -0.15) is 0 Å². The Morgan fingerprint density at radius 3 is 2.65 bits per heavy atom. The molecule has 0 unspecified atom stereocenters. The SMILES string of the molecule is CC(C)(C)CCNCc1ccc(F)c(-c2cccs2)c1. The van der Waals surface area contributed by atoms with Crippen LogP contribution in [0.25, 0.3) is 10.4 Å². The number of hydrogen-bond acceptors (Lipinski definition) is 2. The van der Waals surface area contributed by atoms with Gasteiger partial charge >= 0.3 is 0 Å². The molecule has 0 spiro atoms. The van der Waals surface area contributed by atoms with Crippen molar-refractivity contribution in [1.82, 2.24) is 5.32 Å². The van der Waals surface area contributed by atoms with Gasteiger partial charge in [-0.1, -0.05) is 32.9 Å². The molecule has 3 heteroatoms. The van der Waals surface area contributed by atoms with Gasteiger partial charge in [-0.3, -0.25) is 0 Å². The highest BCUT2D eigenvalue weighted by atomic mass is 32.1. The molecule has 108 valence electrons. The third-order valence-corrected chi connectivity index (χ3v) is 4.10. The molecule has 1 aromatic carbocycles. The van der Waals surface area contributed by atoms with Crippen LogP contribution < -0.4 is 5.32 Å². The molecule has 0 aliphatic heterocycles. The molecular formula is C17H22FNS. The lowest BCUT2D eigenvalue weighted by Crippen LogP contribution is -2.20. The van der Waals surface area contributed by atoms with Crippen molar-refractivity contribution in [2.75, 3.05) is 6.54 Å². The van der Waals surface area contributed by atoms with Crippen LogP contribution in [-0.2, 0) is 6.54 Å². The minimum absolute atomic E-state index is 0.147. The Morgan fingerprint density at radius 2 is 2.00 bits per heavy atom. The summed E-state index contributed by atoms with van der Waals surface area (Å²) in [5.41, 5.74) is 2.18. The van der Waals surface area contributed by atoms with Crippen LogP contribution in [0, 0.1) is 11.2 Å². The van der Waals surface area contributed by atoms with E-state index in [0.717, 1.165) is 30.0 Å². The molecule has 0 amide bonds. The summed E-state index contributed by atoms with van der Waals surface area (Å²) in [5.74, 6) is -0.147. The number of rotatable bonds is 5. The number of nitrogens with one attached hydrogen (secondary N) is 1. The van der Waals surface area contributed by atoms with Crippen molar-refractivity contribution in [3.05, 3.63) is 47.1 Å². The molecular weight excluding hydrogens is 269 g/mol. The molecule has 1 N–H and O–H groups in total. The maximum absolute atomic E-state index is 13.9. The molecule has 0 aliphatic rings. The fourth-order valence-corrected chi connectivity index (χ4v) is 2.74. The molecule has 0 bridgehead atoms. The molecule has 1 heterocycles. The second-order valence-electron chi connectivity index (χ2n) is 6.28. The highest BCUT2D eigenvalue weighted by Crippen LogP contribution is 2.28. The molecule has 0 aliphatic carbocycles. The Balaban J connectivity index is 1.98. The minimum atomic E-state index is -0.147. The second-order valence-corrected chi connectivity index (χ2v) is 7.23. The molecule has 1 aromatic heterocycles. The highest BCUT2D eigenvalue weighted by molar-refractivity contribution is 7.13. The zero-order valence-electron chi connectivity index (χ0n) is 12.4. The van der Waals surface area contributed by atoms with E-state index in [-0.39, 0.29) is 5.82 Å². The third kappa shape index (κ3) is 4.43. The summed E-state index contributed by atoms with van der Waals surface area (Å²) in [4.78, 5) is 0.985. The largest absolute Gasteiger partial charge is 0.313 e. The first-order chi connectivity index (χ1) is 9.46. The van der Waals surface area contributed by atoms with Gasteiger partial charge in [0.1, 0.15) is 5.82 Å². The predicted molar refractivity (Wildman–Crippen MR) is 85.5 cm³/mol. The Labute approximate surface area is 124 Å². The molecule has 2 aromatic rings. The molecule has 0 saturated carbocycles. The van der Waals surface area contributed by atoms with E-state index in [1.807, 2.05) is 29.6 Å². The molecule has 2 rings (SSSR count). The number of hydrogen-bond donors (Lipinski definition) is 1. The van der Waals surface area contributed by atoms with Crippen LogP contribution in [0.4, 0.5) is 4.39 Å². The zero-order chi connectivity index (χ0) is 14.6. The second kappa shape index (κ2) is 6.51.